The highest BCUT2D eigenvalue weighted by Crippen LogP contribution is 2.28. The van der Waals surface area contributed by atoms with Gasteiger partial charge in [-0.1, -0.05) is 13.8 Å². The van der Waals surface area contributed by atoms with Crippen molar-refractivity contribution in [3.63, 3.8) is 0 Å². The van der Waals surface area contributed by atoms with E-state index in [1.54, 1.807) is 11.3 Å². The van der Waals surface area contributed by atoms with E-state index in [1.807, 2.05) is 0 Å². The van der Waals surface area contributed by atoms with Crippen molar-refractivity contribution in [2.24, 2.45) is 5.92 Å². The lowest BCUT2D eigenvalue weighted by Gasteiger charge is -2.08. The van der Waals surface area contributed by atoms with Crippen LogP contribution >= 0.6 is 11.3 Å². The third-order valence-corrected chi connectivity index (χ3v) is 3.73. The molecule has 0 fully saturated rings. The van der Waals surface area contributed by atoms with Crippen molar-refractivity contribution >= 4 is 33.3 Å². The Morgan fingerprint density at radius 2 is 2.17 bits per heavy atom. The van der Waals surface area contributed by atoms with E-state index in [-0.39, 0.29) is 0 Å². The molecule has 0 atom stereocenters. The highest BCUT2D eigenvalue weighted by Gasteiger charge is 2.08. The normalized spacial score (nSPS) is 11.3. The van der Waals surface area contributed by atoms with Crippen LogP contribution < -0.4 is 11.1 Å². The van der Waals surface area contributed by atoms with E-state index < -0.39 is 0 Å². The molecule has 0 saturated carbocycles. The molecule has 0 bridgehead atoms. The molecule has 0 aliphatic carbocycles. The molecule has 18 heavy (non-hydrogen) atoms. The third-order valence-electron chi connectivity index (χ3n) is 2.78. The summed E-state index contributed by atoms with van der Waals surface area (Å²) in [4.78, 5) is 10.7. The van der Waals surface area contributed by atoms with E-state index in [1.165, 1.54) is 11.3 Å². The van der Waals surface area contributed by atoms with Crippen LogP contribution in [0, 0.1) is 12.8 Å². The second-order valence-corrected chi connectivity index (χ2v) is 6.20. The molecular weight excluding hydrogens is 244 g/mol. The summed E-state index contributed by atoms with van der Waals surface area (Å²) >= 11 is 1.65. The minimum atomic E-state index is 0.343. The number of nitrogens with one attached hydrogen (secondary N) is 1. The van der Waals surface area contributed by atoms with Gasteiger partial charge in [0.1, 0.15) is 10.6 Å². The first-order valence-corrected chi connectivity index (χ1v) is 7.15. The molecule has 2 rings (SSSR count). The number of rotatable bonds is 5. The predicted molar refractivity (Wildman–Crippen MR) is 79.1 cm³/mol. The van der Waals surface area contributed by atoms with Crippen LogP contribution in [0.5, 0.6) is 0 Å². The lowest BCUT2D eigenvalue weighted by atomic mass is 10.1. The molecule has 2 aromatic heterocycles. The number of aryl methyl sites for hydroxylation is 1. The van der Waals surface area contributed by atoms with Gasteiger partial charge in [-0.2, -0.15) is 4.98 Å². The molecule has 0 aromatic carbocycles. The summed E-state index contributed by atoms with van der Waals surface area (Å²) < 4.78 is 0. The number of nitrogens with zero attached hydrogens (tertiary/aromatic N) is 2. The first kappa shape index (κ1) is 13.1. The number of anilines is 2. The van der Waals surface area contributed by atoms with E-state index in [0.29, 0.717) is 5.95 Å². The zero-order valence-corrected chi connectivity index (χ0v) is 12.0. The summed E-state index contributed by atoms with van der Waals surface area (Å²) in [6, 6.07) is 2.12. The summed E-state index contributed by atoms with van der Waals surface area (Å²) in [6.07, 6.45) is 2.37. The SMILES string of the molecule is Cc1cc2c(NCCCC(C)C)nc(N)nc2s1. The van der Waals surface area contributed by atoms with Crippen molar-refractivity contribution in [1.82, 2.24) is 9.97 Å². The molecule has 98 valence electrons. The monoisotopic (exact) mass is 264 g/mol. The molecule has 0 aliphatic heterocycles. The van der Waals surface area contributed by atoms with Crippen LogP contribution in [-0.4, -0.2) is 16.5 Å². The number of hydrogen-bond acceptors (Lipinski definition) is 5. The van der Waals surface area contributed by atoms with Crippen LogP contribution in [0.25, 0.3) is 10.2 Å². The average molecular weight is 264 g/mol. The number of thiophene rings is 1. The Morgan fingerprint density at radius 1 is 1.39 bits per heavy atom. The number of nitrogen functional groups attached to an aromatic ring is 1. The summed E-state index contributed by atoms with van der Waals surface area (Å²) in [5.74, 6) is 1.95. The van der Waals surface area contributed by atoms with Gasteiger partial charge >= 0.3 is 0 Å². The Kier molecular flexibility index (Phi) is 4.01. The van der Waals surface area contributed by atoms with E-state index in [0.717, 1.165) is 34.9 Å². The third kappa shape index (κ3) is 3.10. The van der Waals surface area contributed by atoms with Crippen LogP contribution in [0.15, 0.2) is 6.07 Å². The van der Waals surface area contributed by atoms with Gasteiger partial charge in [0.15, 0.2) is 0 Å². The fraction of sp³-hybridized carbons (Fsp3) is 0.538. The quantitative estimate of drug-likeness (QED) is 0.812. The molecule has 3 N–H and O–H groups in total. The molecule has 0 aliphatic rings. The highest BCUT2D eigenvalue weighted by atomic mass is 32.1. The van der Waals surface area contributed by atoms with Crippen LogP contribution in [0.3, 0.4) is 0 Å². The van der Waals surface area contributed by atoms with Crippen molar-refractivity contribution in [2.75, 3.05) is 17.6 Å². The molecule has 0 unspecified atom stereocenters. The van der Waals surface area contributed by atoms with Crippen molar-refractivity contribution in [1.29, 1.82) is 0 Å². The van der Waals surface area contributed by atoms with Gasteiger partial charge in [0, 0.05) is 11.4 Å². The average Bonchev–Trinajstić information content (AvgIpc) is 2.64. The maximum Gasteiger partial charge on any atom is 0.223 e. The van der Waals surface area contributed by atoms with Crippen LogP contribution in [-0.2, 0) is 0 Å². The summed E-state index contributed by atoms with van der Waals surface area (Å²) in [6.45, 7) is 7.48. The summed E-state index contributed by atoms with van der Waals surface area (Å²) in [5, 5.41) is 4.45. The minimum absolute atomic E-state index is 0.343. The molecular formula is C13H20N4S. The molecule has 0 saturated heterocycles. The van der Waals surface area contributed by atoms with E-state index in [2.05, 4.69) is 42.1 Å². The smallest absolute Gasteiger partial charge is 0.223 e. The Labute approximate surface area is 112 Å². The van der Waals surface area contributed by atoms with Gasteiger partial charge in [-0.15, -0.1) is 11.3 Å². The molecule has 4 nitrogen and oxygen atoms in total. The van der Waals surface area contributed by atoms with E-state index in [9.17, 15) is 0 Å². The first-order chi connectivity index (χ1) is 8.56. The van der Waals surface area contributed by atoms with E-state index in [4.69, 9.17) is 5.73 Å². The van der Waals surface area contributed by atoms with Crippen molar-refractivity contribution in [2.45, 2.75) is 33.6 Å². The van der Waals surface area contributed by atoms with Crippen molar-refractivity contribution < 1.29 is 0 Å². The number of fused-ring (bicyclic) bond motifs is 1. The van der Waals surface area contributed by atoms with Gasteiger partial charge in [0.05, 0.1) is 5.39 Å². The highest BCUT2D eigenvalue weighted by molar-refractivity contribution is 7.18. The zero-order chi connectivity index (χ0) is 13.1. The number of hydrogen-bond donors (Lipinski definition) is 2. The minimum Gasteiger partial charge on any atom is -0.369 e. The lowest BCUT2D eigenvalue weighted by molar-refractivity contribution is 0.567. The van der Waals surface area contributed by atoms with Gasteiger partial charge in [0.25, 0.3) is 0 Å². The van der Waals surface area contributed by atoms with Crippen molar-refractivity contribution in [3.05, 3.63) is 10.9 Å². The Hall–Kier alpha value is -1.36. The Balaban J connectivity index is 2.11. The second kappa shape index (κ2) is 5.52. The molecule has 5 heteroatoms. The topological polar surface area (TPSA) is 63.8 Å². The van der Waals surface area contributed by atoms with Gasteiger partial charge in [-0.25, -0.2) is 4.98 Å². The van der Waals surface area contributed by atoms with Gasteiger partial charge < -0.3 is 11.1 Å². The largest absolute Gasteiger partial charge is 0.369 e. The molecule has 0 amide bonds. The maximum atomic E-state index is 5.73. The predicted octanol–water partition coefficient (Wildman–Crippen LogP) is 3.43. The Morgan fingerprint density at radius 3 is 2.89 bits per heavy atom. The fourth-order valence-corrected chi connectivity index (χ4v) is 2.80. The van der Waals surface area contributed by atoms with Crippen LogP contribution in [0.4, 0.5) is 11.8 Å². The van der Waals surface area contributed by atoms with Crippen LogP contribution in [0.1, 0.15) is 31.6 Å². The van der Waals surface area contributed by atoms with Crippen LogP contribution in [0.2, 0.25) is 0 Å². The van der Waals surface area contributed by atoms with Gasteiger partial charge in [-0.3, -0.25) is 0 Å². The maximum absolute atomic E-state index is 5.73. The number of aromatic nitrogens is 2. The first-order valence-electron chi connectivity index (χ1n) is 6.34. The number of nitrogens with two attached hydrogens (primary N) is 1. The van der Waals surface area contributed by atoms with Gasteiger partial charge in [-0.05, 0) is 31.7 Å². The molecule has 2 heterocycles. The summed E-state index contributed by atoms with van der Waals surface area (Å²) in [5.41, 5.74) is 5.73. The molecule has 2 aromatic rings. The zero-order valence-electron chi connectivity index (χ0n) is 11.2. The van der Waals surface area contributed by atoms with E-state index >= 15 is 0 Å². The Bertz CT molecular complexity index is 533. The standard InChI is InChI=1S/C13H20N4S/c1-8(2)5-4-6-15-11-10-7-9(3)18-12(10)17-13(14)16-11/h7-8H,4-6H2,1-3H3,(H3,14,15,16,17). The molecule has 0 spiro atoms. The molecule has 0 radical (unpaired) electrons. The summed E-state index contributed by atoms with van der Waals surface area (Å²) in [7, 11) is 0. The fourth-order valence-electron chi connectivity index (χ4n) is 1.91. The van der Waals surface area contributed by atoms with Gasteiger partial charge in [0.2, 0.25) is 5.95 Å². The van der Waals surface area contributed by atoms with Crippen molar-refractivity contribution in [3.8, 4) is 0 Å². The lowest BCUT2D eigenvalue weighted by Crippen LogP contribution is -2.06. The second-order valence-electron chi connectivity index (χ2n) is 4.97.